The molecule has 0 aliphatic carbocycles. The van der Waals surface area contributed by atoms with Gasteiger partial charge >= 0.3 is 6.18 Å². The number of alkyl halides is 3. The van der Waals surface area contributed by atoms with Gasteiger partial charge in [-0.15, -0.1) is 11.3 Å². The van der Waals surface area contributed by atoms with Gasteiger partial charge in [-0.3, -0.25) is 4.79 Å². The number of aryl methyl sites for hydroxylation is 1. The summed E-state index contributed by atoms with van der Waals surface area (Å²) in [6, 6.07) is 4.92. The van der Waals surface area contributed by atoms with Crippen LogP contribution in [0.25, 0.3) is 0 Å². The van der Waals surface area contributed by atoms with Crippen LogP contribution in [0.5, 0.6) is 0 Å². The average molecular weight is 383 g/mol. The SMILES string of the molecule is Cc1nc(C(F)(F)F)c(C(=O)NCCc2ccc(Cl)cc2Cl)s1. The van der Waals surface area contributed by atoms with Crippen molar-refractivity contribution in [2.45, 2.75) is 19.5 Å². The van der Waals surface area contributed by atoms with Crippen molar-refractivity contribution in [1.82, 2.24) is 10.3 Å². The van der Waals surface area contributed by atoms with E-state index in [2.05, 4.69) is 10.3 Å². The van der Waals surface area contributed by atoms with Crippen LogP contribution in [-0.4, -0.2) is 17.4 Å². The highest BCUT2D eigenvalue weighted by molar-refractivity contribution is 7.13. The third-order valence-electron chi connectivity index (χ3n) is 2.90. The quantitative estimate of drug-likeness (QED) is 0.828. The van der Waals surface area contributed by atoms with Gasteiger partial charge in [0.15, 0.2) is 5.69 Å². The number of aromatic nitrogens is 1. The molecule has 0 radical (unpaired) electrons. The molecule has 0 atom stereocenters. The number of nitrogens with zero attached hydrogens (tertiary/aromatic N) is 1. The van der Waals surface area contributed by atoms with Crippen LogP contribution in [0.15, 0.2) is 18.2 Å². The lowest BCUT2D eigenvalue weighted by molar-refractivity contribution is -0.141. The Morgan fingerprint density at radius 2 is 2.04 bits per heavy atom. The van der Waals surface area contributed by atoms with Gasteiger partial charge in [0.1, 0.15) is 4.88 Å². The highest BCUT2D eigenvalue weighted by Gasteiger charge is 2.39. The molecule has 0 bridgehead atoms. The molecule has 3 nitrogen and oxygen atoms in total. The fraction of sp³-hybridized carbons (Fsp3) is 0.286. The maximum atomic E-state index is 12.8. The first-order valence-corrected chi connectivity index (χ1v) is 8.02. The Balaban J connectivity index is 2.03. The van der Waals surface area contributed by atoms with E-state index in [0.29, 0.717) is 27.8 Å². The average Bonchev–Trinajstić information content (AvgIpc) is 2.83. The third kappa shape index (κ3) is 4.59. The molecule has 1 aromatic heterocycles. The molecule has 0 aliphatic rings. The lowest BCUT2D eigenvalue weighted by Gasteiger charge is -2.08. The highest BCUT2D eigenvalue weighted by atomic mass is 35.5. The predicted molar refractivity (Wildman–Crippen MR) is 84.4 cm³/mol. The van der Waals surface area contributed by atoms with E-state index in [9.17, 15) is 18.0 Å². The molecule has 1 aromatic carbocycles. The standard InChI is InChI=1S/C14H11Cl2F3N2OS/c1-7-21-12(14(17,18)19)11(23-7)13(22)20-5-4-8-2-3-9(15)6-10(8)16/h2-3,6H,4-5H2,1H3,(H,20,22). The van der Waals surface area contributed by atoms with Crippen molar-refractivity contribution in [2.24, 2.45) is 0 Å². The maximum Gasteiger partial charge on any atom is 0.435 e. The minimum atomic E-state index is -4.66. The molecule has 0 fully saturated rings. The molecule has 0 aliphatic heterocycles. The van der Waals surface area contributed by atoms with Gasteiger partial charge in [-0.2, -0.15) is 13.2 Å². The smallest absolute Gasteiger partial charge is 0.351 e. The van der Waals surface area contributed by atoms with Crippen molar-refractivity contribution in [3.05, 3.63) is 49.4 Å². The molecule has 1 amide bonds. The van der Waals surface area contributed by atoms with Crippen molar-refractivity contribution in [2.75, 3.05) is 6.54 Å². The largest absolute Gasteiger partial charge is 0.435 e. The first-order valence-electron chi connectivity index (χ1n) is 6.45. The van der Waals surface area contributed by atoms with Gasteiger partial charge in [0.2, 0.25) is 0 Å². The van der Waals surface area contributed by atoms with E-state index in [1.54, 1.807) is 18.2 Å². The Morgan fingerprint density at radius 1 is 1.35 bits per heavy atom. The summed E-state index contributed by atoms with van der Waals surface area (Å²) in [6.45, 7) is 1.57. The molecule has 23 heavy (non-hydrogen) atoms. The molecular weight excluding hydrogens is 372 g/mol. The Morgan fingerprint density at radius 3 is 2.65 bits per heavy atom. The van der Waals surface area contributed by atoms with Crippen molar-refractivity contribution in [1.29, 1.82) is 0 Å². The first kappa shape index (κ1) is 18.0. The van der Waals surface area contributed by atoms with Gasteiger partial charge in [-0.05, 0) is 31.0 Å². The van der Waals surface area contributed by atoms with E-state index in [-0.39, 0.29) is 11.6 Å². The second-order valence-corrected chi connectivity index (χ2v) is 6.70. The molecular formula is C14H11Cl2F3N2OS. The van der Waals surface area contributed by atoms with Gasteiger partial charge in [0.05, 0.1) is 5.01 Å². The molecule has 0 spiro atoms. The summed E-state index contributed by atoms with van der Waals surface area (Å²) in [5.74, 6) is -0.798. The monoisotopic (exact) mass is 382 g/mol. The third-order valence-corrected chi connectivity index (χ3v) is 4.46. The fourth-order valence-corrected chi connectivity index (χ4v) is 3.25. The summed E-state index contributed by atoms with van der Waals surface area (Å²) >= 11 is 12.5. The number of halogens is 5. The van der Waals surface area contributed by atoms with Crippen LogP contribution in [0.3, 0.4) is 0 Å². The van der Waals surface area contributed by atoms with Crippen LogP contribution in [-0.2, 0) is 12.6 Å². The van der Waals surface area contributed by atoms with E-state index in [0.717, 1.165) is 5.56 Å². The number of rotatable bonds is 4. The van der Waals surface area contributed by atoms with Gasteiger partial charge in [0, 0.05) is 16.6 Å². The number of amides is 1. The van der Waals surface area contributed by atoms with E-state index >= 15 is 0 Å². The summed E-state index contributed by atoms with van der Waals surface area (Å²) in [5.41, 5.74) is -0.407. The number of benzene rings is 1. The van der Waals surface area contributed by atoms with E-state index in [4.69, 9.17) is 23.2 Å². The number of nitrogens with one attached hydrogen (secondary N) is 1. The Hall–Kier alpha value is -1.31. The molecule has 9 heteroatoms. The summed E-state index contributed by atoms with van der Waals surface area (Å²) in [7, 11) is 0. The zero-order valence-electron chi connectivity index (χ0n) is 11.8. The maximum absolute atomic E-state index is 12.8. The Labute approximate surface area is 144 Å². The topological polar surface area (TPSA) is 42.0 Å². The van der Waals surface area contributed by atoms with Crippen LogP contribution in [0, 0.1) is 6.92 Å². The minimum absolute atomic E-state index is 0.147. The van der Waals surface area contributed by atoms with Crippen LogP contribution in [0.2, 0.25) is 10.0 Å². The zero-order chi connectivity index (χ0) is 17.2. The lowest BCUT2D eigenvalue weighted by Crippen LogP contribution is -2.27. The van der Waals surface area contributed by atoms with E-state index in [1.807, 2.05) is 0 Å². The van der Waals surface area contributed by atoms with E-state index in [1.165, 1.54) is 6.92 Å². The summed E-state index contributed by atoms with van der Waals surface area (Å²) in [4.78, 5) is 14.9. The van der Waals surface area contributed by atoms with Crippen LogP contribution < -0.4 is 5.32 Å². The van der Waals surface area contributed by atoms with Gasteiger partial charge in [0.25, 0.3) is 5.91 Å². The van der Waals surface area contributed by atoms with Crippen LogP contribution >= 0.6 is 34.5 Å². The number of carbonyl (C=O) groups excluding carboxylic acids is 1. The van der Waals surface area contributed by atoms with Crippen molar-refractivity contribution in [3.8, 4) is 0 Å². The number of hydrogen-bond donors (Lipinski definition) is 1. The molecule has 124 valence electrons. The number of carbonyl (C=O) groups is 1. The Kier molecular flexibility index (Phi) is 5.54. The number of thiazole rings is 1. The Bertz CT molecular complexity index is 731. The summed E-state index contributed by atoms with van der Waals surface area (Å²) < 4.78 is 38.5. The van der Waals surface area contributed by atoms with Crippen molar-refractivity contribution >= 4 is 40.4 Å². The highest BCUT2D eigenvalue weighted by Crippen LogP contribution is 2.34. The summed E-state index contributed by atoms with van der Waals surface area (Å²) in [6.07, 6.45) is -4.28. The number of hydrogen-bond acceptors (Lipinski definition) is 3. The summed E-state index contributed by atoms with van der Waals surface area (Å²) in [5, 5.41) is 3.56. The molecule has 1 N–H and O–H groups in total. The normalized spacial score (nSPS) is 11.6. The van der Waals surface area contributed by atoms with Crippen molar-refractivity contribution < 1.29 is 18.0 Å². The first-order chi connectivity index (χ1) is 10.7. The van der Waals surface area contributed by atoms with Crippen molar-refractivity contribution in [3.63, 3.8) is 0 Å². The second kappa shape index (κ2) is 7.07. The molecule has 1 heterocycles. The molecule has 2 rings (SSSR count). The second-order valence-electron chi connectivity index (χ2n) is 4.65. The lowest BCUT2D eigenvalue weighted by atomic mass is 10.1. The zero-order valence-corrected chi connectivity index (χ0v) is 14.1. The van der Waals surface area contributed by atoms with Gasteiger partial charge < -0.3 is 5.32 Å². The molecule has 2 aromatic rings. The molecule has 0 saturated heterocycles. The van der Waals surface area contributed by atoms with Crippen LogP contribution in [0.1, 0.15) is 25.9 Å². The fourth-order valence-electron chi connectivity index (χ4n) is 1.89. The predicted octanol–water partition coefficient (Wildman–Crippen LogP) is 4.75. The van der Waals surface area contributed by atoms with Crippen LogP contribution in [0.4, 0.5) is 13.2 Å². The molecule has 0 unspecified atom stereocenters. The minimum Gasteiger partial charge on any atom is -0.351 e. The van der Waals surface area contributed by atoms with E-state index < -0.39 is 22.7 Å². The molecule has 0 saturated carbocycles. The van der Waals surface area contributed by atoms with Gasteiger partial charge in [-0.25, -0.2) is 4.98 Å². The van der Waals surface area contributed by atoms with Gasteiger partial charge in [-0.1, -0.05) is 29.3 Å².